The molecule has 1 aliphatic heterocycles. The van der Waals surface area contributed by atoms with Crippen molar-refractivity contribution in [3.8, 4) is 11.8 Å². The summed E-state index contributed by atoms with van der Waals surface area (Å²) in [7, 11) is 0. The normalized spacial score (nSPS) is 20.9. The molecule has 1 aromatic heterocycles. The maximum Gasteiger partial charge on any atom is 0.312 e. The van der Waals surface area contributed by atoms with Crippen LogP contribution in [0.4, 0.5) is 5.69 Å². The van der Waals surface area contributed by atoms with Crippen LogP contribution in [0.25, 0.3) is 0 Å². The van der Waals surface area contributed by atoms with Crippen molar-refractivity contribution in [1.82, 2.24) is 4.57 Å². The molecule has 2 unspecified atom stereocenters. The van der Waals surface area contributed by atoms with Gasteiger partial charge in [0, 0.05) is 23.9 Å². The van der Waals surface area contributed by atoms with Crippen LogP contribution in [0, 0.1) is 21.4 Å². The van der Waals surface area contributed by atoms with E-state index in [1.807, 2.05) is 6.07 Å². The van der Waals surface area contributed by atoms with Crippen LogP contribution in [0.5, 0.6) is 5.75 Å². The quantitative estimate of drug-likeness (QED) is 0.656. The van der Waals surface area contributed by atoms with Gasteiger partial charge in [-0.3, -0.25) is 14.9 Å². The average molecular weight is 341 g/mol. The molecule has 0 aliphatic carbocycles. The van der Waals surface area contributed by atoms with Crippen LogP contribution in [-0.2, 0) is 0 Å². The van der Waals surface area contributed by atoms with Gasteiger partial charge in [0.1, 0.15) is 11.7 Å². The Hall–Kier alpha value is -3.18. The van der Waals surface area contributed by atoms with Gasteiger partial charge in [0.25, 0.3) is 5.56 Å². The van der Waals surface area contributed by atoms with Crippen molar-refractivity contribution in [2.24, 2.45) is 0 Å². The smallest absolute Gasteiger partial charge is 0.312 e. The molecule has 8 nitrogen and oxygen atoms in total. The molecule has 8 heteroatoms. The maximum absolute atomic E-state index is 12.3. The second kappa shape index (κ2) is 5.72. The highest BCUT2D eigenvalue weighted by atomic mass is 16.6. The van der Waals surface area contributed by atoms with Gasteiger partial charge in [-0.2, -0.15) is 5.26 Å². The lowest BCUT2D eigenvalue weighted by Gasteiger charge is -2.42. The Morgan fingerprint density at radius 3 is 2.72 bits per heavy atom. The molecule has 0 fully saturated rings. The largest absolute Gasteiger partial charge is 0.478 e. The van der Waals surface area contributed by atoms with Crippen LogP contribution >= 0.6 is 0 Å². The van der Waals surface area contributed by atoms with E-state index < -0.39 is 22.7 Å². The molecule has 2 atom stereocenters. The lowest BCUT2D eigenvalue weighted by molar-refractivity contribution is -0.386. The number of aromatic nitrogens is 1. The van der Waals surface area contributed by atoms with E-state index in [9.17, 15) is 25.3 Å². The molecule has 128 valence electrons. The molecule has 2 heterocycles. The molecule has 25 heavy (non-hydrogen) atoms. The first-order valence-electron chi connectivity index (χ1n) is 7.53. The molecule has 0 radical (unpaired) electrons. The molecule has 0 spiro atoms. The van der Waals surface area contributed by atoms with Crippen molar-refractivity contribution in [1.29, 1.82) is 5.26 Å². The molecule has 0 saturated carbocycles. The maximum atomic E-state index is 12.3. The molecule has 0 bridgehead atoms. The lowest BCUT2D eigenvalue weighted by Crippen LogP contribution is -2.52. The number of aliphatic hydroxyl groups is 1. The van der Waals surface area contributed by atoms with E-state index in [0.717, 1.165) is 6.07 Å². The summed E-state index contributed by atoms with van der Waals surface area (Å²) in [5.41, 5.74) is -1.64. The fourth-order valence-electron chi connectivity index (χ4n) is 3.01. The van der Waals surface area contributed by atoms with Gasteiger partial charge in [0.2, 0.25) is 5.75 Å². The molecular weight excluding hydrogens is 326 g/mol. The Labute approximate surface area is 142 Å². The minimum atomic E-state index is -1.17. The Balaban J connectivity index is 2.37. The van der Waals surface area contributed by atoms with E-state index >= 15 is 0 Å². The zero-order chi connectivity index (χ0) is 18.4. The predicted molar refractivity (Wildman–Crippen MR) is 87.4 cm³/mol. The number of rotatable bonds is 2. The van der Waals surface area contributed by atoms with Crippen LogP contribution < -0.4 is 10.3 Å². The summed E-state index contributed by atoms with van der Waals surface area (Å²) in [6, 6.07) is 7.99. The highest BCUT2D eigenvalue weighted by Crippen LogP contribution is 2.46. The predicted octanol–water partition coefficient (Wildman–Crippen LogP) is 1.75. The first kappa shape index (κ1) is 16.7. The average Bonchev–Trinajstić information content (AvgIpc) is 2.56. The molecular formula is C17H15N3O5. The number of fused-ring (bicyclic) bond motifs is 1. The third kappa shape index (κ3) is 2.64. The monoisotopic (exact) mass is 341 g/mol. The molecule has 0 amide bonds. The van der Waals surface area contributed by atoms with Gasteiger partial charge in [-0.25, -0.2) is 0 Å². The third-order valence-electron chi connectivity index (χ3n) is 4.27. The topological polar surface area (TPSA) is 118 Å². The molecule has 0 saturated heterocycles. The van der Waals surface area contributed by atoms with Crippen LogP contribution in [0.15, 0.2) is 41.3 Å². The first-order valence-corrected chi connectivity index (χ1v) is 7.53. The van der Waals surface area contributed by atoms with E-state index in [4.69, 9.17) is 4.74 Å². The second-order valence-corrected chi connectivity index (χ2v) is 6.32. The van der Waals surface area contributed by atoms with Crippen LogP contribution in [0.1, 0.15) is 31.0 Å². The van der Waals surface area contributed by atoms with Gasteiger partial charge in [0.05, 0.1) is 22.6 Å². The van der Waals surface area contributed by atoms with Gasteiger partial charge in [-0.15, -0.1) is 0 Å². The van der Waals surface area contributed by atoms with Gasteiger partial charge in [0.15, 0.2) is 0 Å². The molecule has 2 aromatic rings. The zero-order valence-electron chi connectivity index (χ0n) is 13.5. The Morgan fingerprint density at radius 1 is 1.40 bits per heavy atom. The molecule has 1 N–H and O–H groups in total. The standard InChI is InChI=1S/C17H15N3O5/c1-17(2)16(22)14(19-6-4-3-5-13(19)21)11-7-10(9-18)8-12(20(23)24)15(11)25-17/h3-8,14,16,22H,1-2H3. The summed E-state index contributed by atoms with van der Waals surface area (Å²) in [6.07, 6.45) is 0.334. The van der Waals surface area contributed by atoms with E-state index in [1.54, 1.807) is 26.0 Å². The lowest BCUT2D eigenvalue weighted by atomic mass is 9.85. The number of nitriles is 1. The number of nitro benzene ring substituents is 1. The summed E-state index contributed by atoms with van der Waals surface area (Å²) in [4.78, 5) is 23.1. The first-order chi connectivity index (χ1) is 11.8. The minimum Gasteiger partial charge on any atom is -0.478 e. The van der Waals surface area contributed by atoms with Gasteiger partial charge >= 0.3 is 5.69 Å². The van der Waals surface area contributed by atoms with Crippen LogP contribution in [0.3, 0.4) is 0 Å². The number of pyridine rings is 1. The van der Waals surface area contributed by atoms with Gasteiger partial charge in [-0.05, 0) is 26.0 Å². The summed E-state index contributed by atoms with van der Waals surface area (Å²) in [5.74, 6) is -0.0416. The van der Waals surface area contributed by atoms with Crippen molar-refractivity contribution in [3.05, 3.63) is 68.1 Å². The number of nitrogens with zero attached hydrogens (tertiary/aromatic N) is 3. The third-order valence-corrected chi connectivity index (χ3v) is 4.27. The fourth-order valence-corrected chi connectivity index (χ4v) is 3.01. The van der Waals surface area contributed by atoms with E-state index in [2.05, 4.69) is 0 Å². The Morgan fingerprint density at radius 2 is 2.12 bits per heavy atom. The summed E-state index contributed by atoms with van der Waals surface area (Å²) >= 11 is 0. The number of ether oxygens (including phenoxy) is 1. The SMILES string of the molecule is CC1(C)Oc2c(cc(C#N)cc2[N+](=O)[O-])C(n2ccccc2=O)C1O. The molecule has 3 rings (SSSR count). The van der Waals surface area contributed by atoms with Crippen molar-refractivity contribution in [2.75, 3.05) is 0 Å². The fraction of sp³-hybridized carbons (Fsp3) is 0.294. The number of hydrogen-bond donors (Lipinski definition) is 1. The zero-order valence-corrected chi connectivity index (χ0v) is 13.5. The van der Waals surface area contributed by atoms with Crippen molar-refractivity contribution in [2.45, 2.75) is 31.6 Å². The number of aliphatic hydroxyl groups excluding tert-OH is 1. The number of benzene rings is 1. The Bertz CT molecular complexity index is 957. The van der Waals surface area contributed by atoms with Crippen LogP contribution in [-0.4, -0.2) is 26.3 Å². The second-order valence-electron chi connectivity index (χ2n) is 6.32. The van der Waals surface area contributed by atoms with Gasteiger partial charge < -0.3 is 14.4 Å². The van der Waals surface area contributed by atoms with Gasteiger partial charge in [-0.1, -0.05) is 6.07 Å². The summed E-state index contributed by atoms with van der Waals surface area (Å²) in [5, 5.41) is 31.4. The highest BCUT2D eigenvalue weighted by Gasteiger charge is 2.46. The molecule has 1 aliphatic rings. The highest BCUT2D eigenvalue weighted by molar-refractivity contribution is 5.59. The van der Waals surface area contributed by atoms with E-state index in [0.29, 0.717) is 0 Å². The Kier molecular flexibility index (Phi) is 3.81. The van der Waals surface area contributed by atoms with E-state index in [1.165, 1.54) is 22.9 Å². The van der Waals surface area contributed by atoms with Crippen molar-refractivity contribution < 1.29 is 14.8 Å². The van der Waals surface area contributed by atoms with Crippen LogP contribution in [0.2, 0.25) is 0 Å². The molecule has 1 aromatic carbocycles. The van der Waals surface area contributed by atoms with Crippen molar-refractivity contribution in [3.63, 3.8) is 0 Å². The number of nitro groups is 1. The summed E-state index contributed by atoms with van der Waals surface area (Å²) in [6.45, 7) is 3.17. The number of hydrogen-bond acceptors (Lipinski definition) is 6. The van der Waals surface area contributed by atoms with E-state index in [-0.39, 0.29) is 28.1 Å². The summed E-state index contributed by atoms with van der Waals surface area (Å²) < 4.78 is 6.99. The minimum absolute atomic E-state index is 0.0416. The van der Waals surface area contributed by atoms with Crippen molar-refractivity contribution >= 4 is 5.69 Å².